The number of halogens is 1. The van der Waals surface area contributed by atoms with Gasteiger partial charge in [-0.1, -0.05) is 35.1 Å². The van der Waals surface area contributed by atoms with Gasteiger partial charge in [-0.2, -0.15) is 0 Å². The lowest BCUT2D eigenvalue weighted by Gasteiger charge is -2.35. The van der Waals surface area contributed by atoms with Crippen LogP contribution in [0.5, 0.6) is 0 Å². The number of thiazole rings is 1. The number of ether oxygens (including phenoxy) is 1. The second-order valence-corrected chi connectivity index (χ2v) is 11.4. The van der Waals surface area contributed by atoms with Crippen LogP contribution in [0.3, 0.4) is 0 Å². The summed E-state index contributed by atoms with van der Waals surface area (Å²) in [6.07, 6.45) is -0.314. The van der Waals surface area contributed by atoms with E-state index in [0.717, 1.165) is 11.4 Å². The van der Waals surface area contributed by atoms with Gasteiger partial charge in [-0.15, -0.1) is 5.06 Å². The Balaban J connectivity index is 1.10. The lowest BCUT2D eigenvalue weighted by atomic mass is 10.2. The summed E-state index contributed by atoms with van der Waals surface area (Å²) < 4.78 is 5.07. The zero-order valence-corrected chi connectivity index (χ0v) is 25.2. The molecule has 0 radical (unpaired) electrons. The number of piperazine rings is 1. The molecule has 1 atom stereocenters. The number of nitrogens with one attached hydrogen (secondary N) is 2. The summed E-state index contributed by atoms with van der Waals surface area (Å²) in [6.45, 7) is 7.07. The van der Waals surface area contributed by atoms with Crippen LogP contribution in [0, 0.1) is 13.8 Å². The summed E-state index contributed by atoms with van der Waals surface area (Å²) in [5.74, 6) is 1.14. The van der Waals surface area contributed by atoms with Gasteiger partial charge in [0, 0.05) is 51.6 Å². The summed E-state index contributed by atoms with van der Waals surface area (Å²) in [7, 11) is 0. The van der Waals surface area contributed by atoms with Gasteiger partial charge >= 0.3 is 6.16 Å². The molecule has 2 saturated heterocycles. The van der Waals surface area contributed by atoms with E-state index in [1.165, 1.54) is 17.5 Å². The zero-order chi connectivity index (χ0) is 30.5. The Kier molecular flexibility index (Phi) is 9.55. The van der Waals surface area contributed by atoms with Crippen molar-refractivity contribution in [3.63, 3.8) is 0 Å². The molecule has 16 heteroatoms. The SMILES string of the molecule is Cc1nc(Nc2ncc(C(=O)Nc3c(C)cccc3Cl)s2)cc(N2CCN(CCOC(=O)ON3C(=O)CCC3O)CC2)n1. The number of benzene rings is 1. The minimum absolute atomic E-state index is 0.0868. The van der Waals surface area contributed by atoms with Crippen LogP contribution in [0.4, 0.5) is 27.2 Å². The number of para-hydroxylation sites is 1. The number of aromatic nitrogens is 3. The highest BCUT2D eigenvalue weighted by molar-refractivity contribution is 7.17. The maximum Gasteiger partial charge on any atom is 0.533 e. The van der Waals surface area contributed by atoms with Crippen LogP contribution in [0.25, 0.3) is 0 Å². The van der Waals surface area contributed by atoms with Gasteiger partial charge in [0.2, 0.25) is 0 Å². The number of carbonyl (C=O) groups excluding carboxylic acids is 3. The lowest BCUT2D eigenvalue weighted by molar-refractivity contribution is -0.199. The number of hydrogen-bond acceptors (Lipinski definition) is 13. The summed E-state index contributed by atoms with van der Waals surface area (Å²) in [5, 5.41) is 17.3. The summed E-state index contributed by atoms with van der Waals surface area (Å²) in [5.41, 5.74) is 1.43. The van der Waals surface area contributed by atoms with E-state index in [4.69, 9.17) is 21.2 Å². The molecular formula is C27H31ClN8O6S. The van der Waals surface area contributed by atoms with Crippen LogP contribution in [0.1, 0.15) is 33.9 Å². The van der Waals surface area contributed by atoms with E-state index in [2.05, 4.69) is 35.4 Å². The Morgan fingerprint density at radius 1 is 1.19 bits per heavy atom. The highest BCUT2D eigenvalue weighted by Crippen LogP contribution is 2.28. The van der Waals surface area contributed by atoms with Gasteiger partial charge < -0.3 is 30.2 Å². The van der Waals surface area contributed by atoms with E-state index in [-0.39, 0.29) is 25.4 Å². The van der Waals surface area contributed by atoms with Crippen molar-refractivity contribution in [1.82, 2.24) is 24.9 Å². The maximum atomic E-state index is 12.8. The number of hydroxylamine groups is 2. The van der Waals surface area contributed by atoms with E-state index in [9.17, 15) is 19.5 Å². The van der Waals surface area contributed by atoms with Crippen LogP contribution in [-0.4, -0.2) is 93.5 Å². The van der Waals surface area contributed by atoms with Crippen LogP contribution in [0.2, 0.25) is 5.02 Å². The second kappa shape index (κ2) is 13.5. The minimum Gasteiger partial charge on any atom is -0.431 e. The minimum atomic E-state index is -1.13. The maximum absolute atomic E-state index is 12.8. The van der Waals surface area contributed by atoms with Crippen molar-refractivity contribution in [2.45, 2.75) is 32.9 Å². The first-order valence-corrected chi connectivity index (χ1v) is 14.8. The van der Waals surface area contributed by atoms with Gasteiger partial charge in [0.25, 0.3) is 11.8 Å². The molecule has 0 saturated carbocycles. The molecule has 0 bridgehead atoms. The molecule has 0 aliphatic carbocycles. The predicted octanol–water partition coefficient (Wildman–Crippen LogP) is 3.33. The van der Waals surface area contributed by atoms with Crippen molar-refractivity contribution >= 4 is 63.4 Å². The van der Waals surface area contributed by atoms with Crippen molar-refractivity contribution in [3.8, 4) is 0 Å². The Labute approximate surface area is 256 Å². The lowest BCUT2D eigenvalue weighted by Crippen LogP contribution is -2.47. The van der Waals surface area contributed by atoms with Gasteiger partial charge in [0.1, 0.15) is 28.9 Å². The molecule has 228 valence electrons. The number of hydrogen-bond donors (Lipinski definition) is 3. The Bertz CT molecular complexity index is 1480. The normalized spacial score (nSPS) is 17.2. The van der Waals surface area contributed by atoms with Crippen LogP contribution in [-0.2, 0) is 14.4 Å². The molecule has 43 heavy (non-hydrogen) atoms. The van der Waals surface area contributed by atoms with Crippen LogP contribution >= 0.6 is 22.9 Å². The highest BCUT2D eigenvalue weighted by atomic mass is 35.5. The van der Waals surface area contributed by atoms with Crippen molar-refractivity contribution in [2.24, 2.45) is 0 Å². The third kappa shape index (κ3) is 7.67. The van der Waals surface area contributed by atoms with Crippen molar-refractivity contribution in [1.29, 1.82) is 0 Å². The number of anilines is 4. The summed E-state index contributed by atoms with van der Waals surface area (Å²) >= 11 is 7.44. The molecule has 2 fully saturated rings. The van der Waals surface area contributed by atoms with E-state index >= 15 is 0 Å². The fourth-order valence-electron chi connectivity index (χ4n) is 4.61. The molecule has 1 unspecified atom stereocenters. The molecule has 3 N–H and O–H groups in total. The molecule has 2 aliphatic heterocycles. The standard InChI is InChI=1S/C27H31ClN8O6S/c1-16-4-3-5-18(28)24(16)33-25(39)19-15-29-26(43-19)32-20-14-21(31-17(2)30-20)35-10-8-34(9-11-35)12-13-41-27(40)42-36-22(37)6-7-23(36)38/h3-5,14-15,22,37H,6-13H2,1-2H3,(H,33,39)(H,29,30,31,32). The Hall–Kier alpha value is -4.05. The van der Waals surface area contributed by atoms with E-state index < -0.39 is 18.3 Å². The molecule has 4 heterocycles. The fourth-order valence-corrected chi connectivity index (χ4v) is 5.60. The summed E-state index contributed by atoms with van der Waals surface area (Å²) in [6, 6.07) is 7.26. The van der Waals surface area contributed by atoms with Gasteiger partial charge in [-0.25, -0.2) is 19.7 Å². The Morgan fingerprint density at radius 2 is 1.98 bits per heavy atom. The fraction of sp³-hybridized carbons (Fsp3) is 0.407. The molecule has 3 aromatic rings. The molecule has 14 nitrogen and oxygen atoms in total. The molecule has 2 aliphatic rings. The highest BCUT2D eigenvalue weighted by Gasteiger charge is 2.33. The molecular weight excluding hydrogens is 600 g/mol. The summed E-state index contributed by atoms with van der Waals surface area (Å²) in [4.78, 5) is 59.2. The quantitative estimate of drug-likeness (QED) is 0.296. The zero-order valence-electron chi connectivity index (χ0n) is 23.6. The largest absolute Gasteiger partial charge is 0.533 e. The molecule has 2 aromatic heterocycles. The van der Waals surface area contributed by atoms with E-state index in [1.807, 2.05) is 32.0 Å². The number of aliphatic hydroxyl groups excluding tert-OH is 1. The first kappa shape index (κ1) is 30.4. The molecule has 0 spiro atoms. The van der Waals surface area contributed by atoms with Gasteiger partial charge in [0.15, 0.2) is 11.4 Å². The van der Waals surface area contributed by atoms with Gasteiger partial charge in [-0.3, -0.25) is 14.5 Å². The van der Waals surface area contributed by atoms with E-state index in [1.54, 1.807) is 6.07 Å². The average molecular weight is 631 g/mol. The molecule has 5 rings (SSSR count). The first-order valence-electron chi connectivity index (χ1n) is 13.6. The number of aliphatic hydroxyl groups is 1. The monoisotopic (exact) mass is 630 g/mol. The molecule has 2 amide bonds. The average Bonchev–Trinajstić information content (AvgIpc) is 3.57. The number of aryl methyl sites for hydroxylation is 2. The van der Waals surface area contributed by atoms with Crippen LogP contribution < -0.4 is 15.5 Å². The van der Waals surface area contributed by atoms with Crippen molar-refractivity contribution < 1.29 is 29.1 Å². The third-order valence-corrected chi connectivity index (χ3v) is 8.11. The smallest absolute Gasteiger partial charge is 0.431 e. The Morgan fingerprint density at radius 3 is 2.70 bits per heavy atom. The molecule has 1 aromatic carbocycles. The number of amides is 2. The van der Waals surface area contributed by atoms with Crippen LogP contribution in [0.15, 0.2) is 30.5 Å². The van der Waals surface area contributed by atoms with Gasteiger partial charge in [0.05, 0.1) is 16.9 Å². The van der Waals surface area contributed by atoms with Crippen molar-refractivity contribution in [2.75, 3.05) is 54.9 Å². The number of nitrogens with zero attached hydrogens (tertiary/aromatic N) is 6. The predicted molar refractivity (Wildman–Crippen MR) is 159 cm³/mol. The van der Waals surface area contributed by atoms with E-state index in [0.29, 0.717) is 70.1 Å². The van der Waals surface area contributed by atoms with Gasteiger partial charge in [-0.05, 0) is 25.5 Å². The number of carbonyl (C=O) groups is 3. The topological polar surface area (TPSA) is 162 Å². The first-order chi connectivity index (χ1) is 20.7. The third-order valence-electron chi connectivity index (χ3n) is 6.88. The number of rotatable bonds is 9. The van der Waals surface area contributed by atoms with Crippen molar-refractivity contribution in [3.05, 3.63) is 51.7 Å². The second-order valence-electron chi connectivity index (χ2n) is 9.96.